The monoisotopic (exact) mass is 208 g/mol. The molecule has 1 atom stereocenters. The van der Waals surface area contributed by atoms with E-state index >= 15 is 0 Å². The maximum absolute atomic E-state index is 11.7. The molecule has 4 N–H and O–H groups in total. The first-order valence-electron chi connectivity index (χ1n) is 4.85. The second kappa shape index (κ2) is 4.31. The van der Waals surface area contributed by atoms with Gasteiger partial charge in [0.2, 0.25) is 5.91 Å². The molecule has 1 rings (SSSR count). The van der Waals surface area contributed by atoms with Gasteiger partial charge in [0.05, 0.1) is 5.54 Å². The molecule has 4 nitrogen and oxygen atoms in total. The van der Waals surface area contributed by atoms with Gasteiger partial charge < -0.3 is 16.2 Å². The number of rotatable bonds is 3. The summed E-state index contributed by atoms with van der Waals surface area (Å²) < 4.78 is 0. The Balaban J connectivity index is 2.71. The van der Waals surface area contributed by atoms with Gasteiger partial charge in [0.15, 0.2) is 0 Å². The molecule has 1 aromatic carbocycles. The van der Waals surface area contributed by atoms with Crippen molar-refractivity contribution < 1.29 is 9.90 Å². The number of benzene rings is 1. The van der Waals surface area contributed by atoms with Gasteiger partial charge in [0, 0.05) is 5.69 Å². The lowest BCUT2D eigenvalue weighted by atomic mass is 9.99. The van der Waals surface area contributed by atoms with Gasteiger partial charge in [-0.3, -0.25) is 4.79 Å². The van der Waals surface area contributed by atoms with Gasteiger partial charge in [-0.1, -0.05) is 6.92 Å². The third-order valence-electron chi connectivity index (χ3n) is 2.38. The van der Waals surface area contributed by atoms with Gasteiger partial charge in [-0.25, -0.2) is 0 Å². The molecule has 0 heterocycles. The lowest BCUT2D eigenvalue weighted by Gasteiger charge is -2.21. The van der Waals surface area contributed by atoms with Crippen LogP contribution in [0.15, 0.2) is 24.3 Å². The molecule has 0 aliphatic rings. The topological polar surface area (TPSA) is 75.4 Å². The molecular formula is C11H16N2O2. The van der Waals surface area contributed by atoms with Crippen molar-refractivity contribution in [3.63, 3.8) is 0 Å². The van der Waals surface area contributed by atoms with Crippen LogP contribution >= 0.6 is 0 Å². The van der Waals surface area contributed by atoms with Crippen molar-refractivity contribution in [3.05, 3.63) is 24.3 Å². The summed E-state index contributed by atoms with van der Waals surface area (Å²) in [6, 6.07) is 6.27. The van der Waals surface area contributed by atoms with E-state index in [1.807, 2.05) is 6.92 Å². The first kappa shape index (κ1) is 11.5. The van der Waals surface area contributed by atoms with E-state index in [1.165, 1.54) is 12.1 Å². The number of phenolic OH excluding ortho intramolecular Hbond substituents is 1. The van der Waals surface area contributed by atoms with Crippen molar-refractivity contribution in [1.29, 1.82) is 0 Å². The van der Waals surface area contributed by atoms with E-state index in [0.717, 1.165) is 0 Å². The predicted octanol–water partition coefficient (Wildman–Crippen LogP) is 1.46. The molecule has 0 radical (unpaired) electrons. The molecule has 1 amide bonds. The Kier molecular flexibility index (Phi) is 3.31. The molecule has 0 spiro atoms. The van der Waals surface area contributed by atoms with Crippen LogP contribution in [0.25, 0.3) is 0 Å². The summed E-state index contributed by atoms with van der Waals surface area (Å²) in [7, 11) is 0. The minimum atomic E-state index is -0.863. The molecular weight excluding hydrogens is 192 g/mol. The molecule has 1 aromatic rings. The Labute approximate surface area is 89.1 Å². The van der Waals surface area contributed by atoms with Crippen LogP contribution in [0, 0.1) is 0 Å². The average Bonchev–Trinajstić information content (AvgIpc) is 2.21. The van der Waals surface area contributed by atoms with Crippen molar-refractivity contribution in [2.75, 3.05) is 5.32 Å². The van der Waals surface area contributed by atoms with Crippen LogP contribution in [-0.2, 0) is 4.79 Å². The van der Waals surface area contributed by atoms with Crippen LogP contribution in [0.3, 0.4) is 0 Å². The number of carbonyl (C=O) groups is 1. The molecule has 82 valence electrons. The number of nitrogens with two attached hydrogens (primary N) is 1. The minimum absolute atomic E-state index is 0.166. The van der Waals surface area contributed by atoms with Gasteiger partial charge in [-0.2, -0.15) is 0 Å². The summed E-state index contributed by atoms with van der Waals surface area (Å²) in [5.74, 6) is -0.0605. The Morgan fingerprint density at radius 1 is 1.47 bits per heavy atom. The van der Waals surface area contributed by atoms with Crippen LogP contribution in [0.2, 0.25) is 0 Å². The van der Waals surface area contributed by atoms with Crippen molar-refractivity contribution in [2.45, 2.75) is 25.8 Å². The number of phenols is 1. The van der Waals surface area contributed by atoms with Crippen LogP contribution in [-0.4, -0.2) is 16.6 Å². The molecule has 0 aliphatic heterocycles. The number of aromatic hydroxyl groups is 1. The molecule has 0 aliphatic carbocycles. The van der Waals surface area contributed by atoms with Crippen molar-refractivity contribution in [3.8, 4) is 5.75 Å². The van der Waals surface area contributed by atoms with Crippen LogP contribution in [0.5, 0.6) is 5.75 Å². The highest BCUT2D eigenvalue weighted by atomic mass is 16.3. The third-order valence-corrected chi connectivity index (χ3v) is 2.38. The highest BCUT2D eigenvalue weighted by molar-refractivity contribution is 5.97. The van der Waals surface area contributed by atoms with Crippen molar-refractivity contribution >= 4 is 11.6 Å². The van der Waals surface area contributed by atoms with Gasteiger partial charge in [-0.05, 0) is 37.6 Å². The maximum Gasteiger partial charge on any atom is 0.244 e. The molecule has 15 heavy (non-hydrogen) atoms. The van der Waals surface area contributed by atoms with Crippen LogP contribution < -0.4 is 11.1 Å². The highest BCUT2D eigenvalue weighted by Gasteiger charge is 2.25. The molecule has 0 bridgehead atoms. The zero-order valence-electron chi connectivity index (χ0n) is 8.95. The van der Waals surface area contributed by atoms with Crippen molar-refractivity contribution in [1.82, 2.24) is 0 Å². The van der Waals surface area contributed by atoms with Crippen LogP contribution in [0.1, 0.15) is 20.3 Å². The van der Waals surface area contributed by atoms with E-state index in [0.29, 0.717) is 12.1 Å². The average molecular weight is 208 g/mol. The fourth-order valence-corrected chi connectivity index (χ4v) is 0.979. The lowest BCUT2D eigenvalue weighted by molar-refractivity contribution is -0.120. The Bertz CT molecular complexity index is 344. The minimum Gasteiger partial charge on any atom is -0.508 e. The smallest absolute Gasteiger partial charge is 0.244 e. The zero-order chi connectivity index (χ0) is 11.5. The molecule has 0 saturated heterocycles. The number of hydrogen-bond acceptors (Lipinski definition) is 3. The summed E-state index contributed by atoms with van der Waals surface area (Å²) >= 11 is 0. The standard InChI is InChI=1S/C11H16N2O2/c1-3-11(2,12)10(15)13-8-4-6-9(14)7-5-8/h4-7,14H,3,12H2,1-2H3,(H,13,15). The lowest BCUT2D eigenvalue weighted by Crippen LogP contribution is -2.47. The number of anilines is 1. The summed E-state index contributed by atoms with van der Waals surface area (Å²) in [6.07, 6.45) is 0.566. The fraction of sp³-hybridized carbons (Fsp3) is 0.364. The highest BCUT2D eigenvalue weighted by Crippen LogP contribution is 2.15. The normalized spacial score (nSPS) is 14.3. The molecule has 0 saturated carbocycles. The summed E-state index contributed by atoms with van der Waals surface area (Å²) in [6.45, 7) is 3.54. The molecule has 0 aromatic heterocycles. The summed E-state index contributed by atoms with van der Waals surface area (Å²) in [4.78, 5) is 11.7. The Morgan fingerprint density at radius 2 is 2.00 bits per heavy atom. The van der Waals surface area contributed by atoms with E-state index in [-0.39, 0.29) is 11.7 Å². The molecule has 1 unspecified atom stereocenters. The second-order valence-electron chi connectivity index (χ2n) is 3.77. The first-order valence-corrected chi connectivity index (χ1v) is 4.85. The number of hydrogen-bond donors (Lipinski definition) is 3. The largest absolute Gasteiger partial charge is 0.508 e. The Hall–Kier alpha value is -1.55. The second-order valence-corrected chi connectivity index (χ2v) is 3.77. The number of carbonyl (C=O) groups excluding carboxylic acids is 1. The molecule has 0 fully saturated rings. The maximum atomic E-state index is 11.7. The SMILES string of the molecule is CCC(C)(N)C(=O)Nc1ccc(O)cc1. The van der Waals surface area contributed by atoms with Crippen molar-refractivity contribution in [2.24, 2.45) is 5.73 Å². The summed E-state index contributed by atoms with van der Waals surface area (Å²) in [5.41, 5.74) is 5.54. The summed E-state index contributed by atoms with van der Waals surface area (Å²) in [5, 5.41) is 11.7. The third kappa shape index (κ3) is 2.95. The number of nitrogens with one attached hydrogen (secondary N) is 1. The van der Waals surface area contributed by atoms with E-state index in [2.05, 4.69) is 5.32 Å². The first-order chi connectivity index (χ1) is 6.95. The fourth-order valence-electron chi connectivity index (χ4n) is 0.979. The van der Waals surface area contributed by atoms with Gasteiger partial charge >= 0.3 is 0 Å². The molecule has 4 heteroatoms. The van der Waals surface area contributed by atoms with Gasteiger partial charge in [-0.15, -0.1) is 0 Å². The van der Waals surface area contributed by atoms with E-state index in [4.69, 9.17) is 10.8 Å². The number of amides is 1. The van der Waals surface area contributed by atoms with E-state index < -0.39 is 5.54 Å². The van der Waals surface area contributed by atoms with Gasteiger partial charge in [0.25, 0.3) is 0 Å². The Morgan fingerprint density at radius 3 is 2.47 bits per heavy atom. The quantitative estimate of drug-likeness (QED) is 0.658. The predicted molar refractivity (Wildman–Crippen MR) is 59.6 cm³/mol. The van der Waals surface area contributed by atoms with Crippen LogP contribution in [0.4, 0.5) is 5.69 Å². The zero-order valence-corrected chi connectivity index (χ0v) is 8.95. The van der Waals surface area contributed by atoms with E-state index in [1.54, 1.807) is 19.1 Å². The van der Waals surface area contributed by atoms with E-state index in [9.17, 15) is 4.79 Å². The van der Waals surface area contributed by atoms with Gasteiger partial charge in [0.1, 0.15) is 5.75 Å².